The summed E-state index contributed by atoms with van der Waals surface area (Å²) >= 11 is 0. The van der Waals surface area contributed by atoms with Crippen molar-refractivity contribution in [1.29, 1.82) is 0 Å². The normalized spacial score (nSPS) is 24.3. The molecule has 1 saturated carbocycles. The fourth-order valence-corrected chi connectivity index (χ4v) is 1.35. The molecule has 1 aliphatic carbocycles. The van der Waals surface area contributed by atoms with Crippen LogP contribution >= 0.6 is 0 Å². The second kappa shape index (κ2) is 4.41. The SMILES string of the molecule is CN(C)C(C)(C)CNC(=O)[C@@H]1C[C@@H]1C(=O)O. The van der Waals surface area contributed by atoms with Crippen LogP contribution in [0.2, 0.25) is 0 Å². The summed E-state index contributed by atoms with van der Waals surface area (Å²) in [6, 6.07) is 0. The van der Waals surface area contributed by atoms with E-state index in [2.05, 4.69) is 5.32 Å². The Morgan fingerprint density at radius 1 is 1.38 bits per heavy atom. The molecular weight excluding hydrogens is 208 g/mol. The molecule has 5 heteroatoms. The zero-order chi connectivity index (χ0) is 12.5. The fraction of sp³-hybridized carbons (Fsp3) is 0.818. The van der Waals surface area contributed by atoms with Crippen LogP contribution < -0.4 is 5.32 Å². The first-order valence-corrected chi connectivity index (χ1v) is 5.43. The Kier molecular flexibility index (Phi) is 3.57. The minimum absolute atomic E-state index is 0.122. The lowest BCUT2D eigenvalue weighted by Gasteiger charge is -2.32. The zero-order valence-electron chi connectivity index (χ0n) is 10.3. The molecule has 5 nitrogen and oxygen atoms in total. The van der Waals surface area contributed by atoms with Crippen molar-refractivity contribution in [3.63, 3.8) is 0 Å². The summed E-state index contributed by atoms with van der Waals surface area (Å²) in [6.07, 6.45) is 0.476. The number of carbonyl (C=O) groups is 2. The van der Waals surface area contributed by atoms with E-state index in [4.69, 9.17) is 5.11 Å². The number of amides is 1. The van der Waals surface area contributed by atoms with Crippen molar-refractivity contribution in [3.05, 3.63) is 0 Å². The third-order valence-corrected chi connectivity index (χ3v) is 3.35. The molecule has 1 aliphatic rings. The Hall–Kier alpha value is -1.10. The molecule has 0 aromatic rings. The minimum atomic E-state index is -0.869. The van der Waals surface area contributed by atoms with Gasteiger partial charge in [-0.3, -0.25) is 9.59 Å². The van der Waals surface area contributed by atoms with E-state index in [1.807, 2.05) is 32.8 Å². The molecule has 0 unspecified atom stereocenters. The lowest BCUT2D eigenvalue weighted by molar-refractivity contribution is -0.140. The van der Waals surface area contributed by atoms with E-state index in [1.165, 1.54) is 0 Å². The quantitative estimate of drug-likeness (QED) is 0.703. The third-order valence-electron chi connectivity index (χ3n) is 3.35. The van der Waals surface area contributed by atoms with Crippen molar-refractivity contribution in [2.24, 2.45) is 11.8 Å². The molecule has 0 radical (unpaired) electrons. The maximum atomic E-state index is 11.6. The van der Waals surface area contributed by atoms with Crippen LogP contribution in [0.25, 0.3) is 0 Å². The molecule has 0 aliphatic heterocycles. The van der Waals surface area contributed by atoms with Gasteiger partial charge in [0.05, 0.1) is 11.8 Å². The maximum absolute atomic E-state index is 11.6. The van der Waals surface area contributed by atoms with E-state index in [0.29, 0.717) is 13.0 Å². The lowest BCUT2D eigenvalue weighted by atomic mass is 10.0. The van der Waals surface area contributed by atoms with Crippen LogP contribution in [0.1, 0.15) is 20.3 Å². The average molecular weight is 228 g/mol. The Morgan fingerprint density at radius 2 is 1.94 bits per heavy atom. The molecule has 1 rings (SSSR count). The lowest BCUT2D eigenvalue weighted by Crippen LogP contribution is -2.48. The molecule has 1 fully saturated rings. The van der Waals surface area contributed by atoms with Crippen molar-refractivity contribution in [1.82, 2.24) is 10.2 Å². The number of hydrogen-bond donors (Lipinski definition) is 2. The number of carboxylic acid groups (broad SMARTS) is 1. The van der Waals surface area contributed by atoms with Crippen molar-refractivity contribution in [2.75, 3.05) is 20.6 Å². The van der Waals surface area contributed by atoms with E-state index in [1.54, 1.807) is 0 Å². The number of carboxylic acids is 1. The van der Waals surface area contributed by atoms with Crippen LogP contribution in [0.5, 0.6) is 0 Å². The zero-order valence-corrected chi connectivity index (χ0v) is 10.3. The number of aliphatic carboxylic acids is 1. The third kappa shape index (κ3) is 2.95. The molecule has 0 aromatic heterocycles. The van der Waals surface area contributed by atoms with Crippen molar-refractivity contribution < 1.29 is 14.7 Å². The number of rotatable bonds is 5. The van der Waals surface area contributed by atoms with Gasteiger partial charge >= 0.3 is 5.97 Å². The summed E-state index contributed by atoms with van der Waals surface area (Å²) in [7, 11) is 3.90. The molecule has 0 aromatic carbocycles. The van der Waals surface area contributed by atoms with Crippen LogP contribution in [-0.4, -0.2) is 48.1 Å². The maximum Gasteiger partial charge on any atom is 0.307 e. The molecule has 2 atom stereocenters. The highest BCUT2D eigenvalue weighted by Crippen LogP contribution is 2.38. The Labute approximate surface area is 95.8 Å². The predicted molar refractivity (Wildman–Crippen MR) is 60.0 cm³/mol. The molecule has 0 heterocycles. The summed E-state index contributed by atoms with van der Waals surface area (Å²) in [4.78, 5) is 24.2. The van der Waals surface area contributed by atoms with Crippen LogP contribution in [0.4, 0.5) is 0 Å². The monoisotopic (exact) mass is 228 g/mol. The smallest absolute Gasteiger partial charge is 0.307 e. The molecule has 0 saturated heterocycles. The van der Waals surface area contributed by atoms with Crippen LogP contribution in [0.3, 0.4) is 0 Å². The van der Waals surface area contributed by atoms with Crippen LogP contribution in [-0.2, 0) is 9.59 Å². The van der Waals surface area contributed by atoms with Gasteiger partial charge < -0.3 is 15.3 Å². The first-order chi connectivity index (χ1) is 7.25. The minimum Gasteiger partial charge on any atom is -0.481 e. The van der Waals surface area contributed by atoms with Crippen LogP contribution in [0, 0.1) is 11.8 Å². The summed E-state index contributed by atoms with van der Waals surface area (Å²) in [6.45, 7) is 4.57. The highest BCUT2D eigenvalue weighted by atomic mass is 16.4. The van der Waals surface area contributed by atoms with Gasteiger partial charge in [-0.05, 0) is 34.4 Å². The van der Waals surface area contributed by atoms with Gasteiger partial charge in [-0.25, -0.2) is 0 Å². The molecule has 1 amide bonds. The molecule has 2 N–H and O–H groups in total. The van der Waals surface area contributed by atoms with Gasteiger partial charge in [0.1, 0.15) is 0 Å². The number of carbonyl (C=O) groups excluding carboxylic acids is 1. The van der Waals surface area contributed by atoms with Gasteiger partial charge in [0.25, 0.3) is 0 Å². The Morgan fingerprint density at radius 3 is 2.31 bits per heavy atom. The largest absolute Gasteiger partial charge is 0.481 e. The molecule has 92 valence electrons. The van der Waals surface area contributed by atoms with Gasteiger partial charge in [-0.1, -0.05) is 0 Å². The average Bonchev–Trinajstić information content (AvgIpc) is 2.93. The second-order valence-corrected chi connectivity index (χ2v) is 5.21. The first-order valence-electron chi connectivity index (χ1n) is 5.43. The van der Waals surface area contributed by atoms with Crippen LogP contribution in [0.15, 0.2) is 0 Å². The summed E-state index contributed by atoms with van der Waals surface area (Å²) in [5, 5.41) is 11.5. The first kappa shape index (κ1) is 13.0. The topological polar surface area (TPSA) is 69.6 Å². The number of nitrogens with zero attached hydrogens (tertiary/aromatic N) is 1. The van der Waals surface area contributed by atoms with Crippen molar-refractivity contribution in [2.45, 2.75) is 25.8 Å². The highest BCUT2D eigenvalue weighted by Gasteiger charge is 2.48. The Balaban J connectivity index is 2.35. The van der Waals surface area contributed by atoms with E-state index < -0.39 is 11.9 Å². The van der Waals surface area contributed by atoms with E-state index >= 15 is 0 Å². The van der Waals surface area contributed by atoms with Gasteiger partial charge in [-0.2, -0.15) is 0 Å². The molecular formula is C11H20N2O3. The summed E-state index contributed by atoms with van der Waals surface area (Å²) in [5.41, 5.74) is -0.122. The summed E-state index contributed by atoms with van der Waals surface area (Å²) < 4.78 is 0. The van der Waals surface area contributed by atoms with E-state index in [0.717, 1.165) is 0 Å². The van der Waals surface area contributed by atoms with E-state index in [-0.39, 0.29) is 17.4 Å². The molecule has 0 bridgehead atoms. The van der Waals surface area contributed by atoms with Crippen molar-refractivity contribution >= 4 is 11.9 Å². The van der Waals surface area contributed by atoms with Gasteiger partial charge in [0.15, 0.2) is 0 Å². The number of nitrogens with one attached hydrogen (secondary N) is 1. The fourth-order valence-electron chi connectivity index (χ4n) is 1.35. The second-order valence-electron chi connectivity index (χ2n) is 5.21. The van der Waals surface area contributed by atoms with Crippen molar-refractivity contribution in [3.8, 4) is 0 Å². The number of likely N-dealkylation sites (N-methyl/N-ethyl adjacent to an activating group) is 1. The number of hydrogen-bond acceptors (Lipinski definition) is 3. The standard InChI is InChI=1S/C11H20N2O3/c1-11(2,13(3)4)6-12-9(14)7-5-8(7)10(15)16/h7-8H,5-6H2,1-4H3,(H,12,14)(H,15,16)/t7-,8+/m1/s1. The Bertz CT molecular complexity index is 300. The highest BCUT2D eigenvalue weighted by molar-refractivity contribution is 5.89. The van der Waals surface area contributed by atoms with Gasteiger partial charge in [0, 0.05) is 12.1 Å². The predicted octanol–water partition coefficient (Wildman–Crippen LogP) is 0.164. The van der Waals surface area contributed by atoms with Gasteiger partial charge in [-0.15, -0.1) is 0 Å². The molecule has 0 spiro atoms. The summed E-state index contributed by atoms with van der Waals surface area (Å²) in [5.74, 6) is -1.80. The van der Waals surface area contributed by atoms with E-state index in [9.17, 15) is 9.59 Å². The van der Waals surface area contributed by atoms with Gasteiger partial charge in [0.2, 0.25) is 5.91 Å². The molecule has 16 heavy (non-hydrogen) atoms.